The highest BCUT2D eigenvalue weighted by Crippen LogP contribution is 2.20. The van der Waals surface area contributed by atoms with Gasteiger partial charge in [-0.1, -0.05) is 27.7 Å². The standard InChI is InChI=1S/C20H40N4O2/c1-16(2)12-24-8-9-26-19(15-24)11-22-20(25)21-6-5-7-23-13-17(3)10-18(4)14-23/h16-19H,5-15H2,1-4H3,(H2,21,22,25). The molecule has 2 N–H and O–H groups in total. The number of likely N-dealkylation sites (tertiary alicyclic amines) is 1. The molecule has 2 rings (SSSR count). The van der Waals surface area contributed by atoms with Crippen molar-refractivity contribution < 1.29 is 9.53 Å². The van der Waals surface area contributed by atoms with E-state index in [0.29, 0.717) is 12.5 Å². The molecule has 6 heteroatoms. The van der Waals surface area contributed by atoms with Crippen LogP contribution in [0.1, 0.15) is 40.5 Å². The maximum absolute atomic E-state index is 12.0. The Bertz CT molecular complexity index is 409. The lowest BCUT2D eigenvalue weighted by molar-refractivity contribution is -0.0290. The highest BCUT2D eigenvalue weighted by Gasteiger charge is 2.22. The first kappa shape index (κ1) is 21.5. The molecule has 0 aliphatic carbocycles. The smallest absolute Gasteiger partial charge is 0.314 e. The first-order valence-corrected chi connectivity index (χ1v) is 10.5. The molecule has 26 heavy (non-hydrogen) atoms. The van der Waals surface area contributed by atoms with Crippen LogP contribution in [0.15, 0.2) is 0 Å². The van der Waals surface area contributed by atoms with Gasteiger partial charge in [0.2, 0.25) is 0 Å². The average molecular weight is 369 g/mol. The van der Waals surface area contributed by atoms with Gasteiger partial charge >= 0.3 is 6.03 Å². The lowest BCUT2D eigenvalue weighted by Gasteiger charge is -2.35. The second-order valence-corrected chi connectivity index (χ2v) is 8.84. The van der Waals surface area contributed by atoms with Gasteiger partial charge in [-0.05, 0) is 37.1 Å². The minimum absolute atomic E-state index is 0.0741. The molecule has 3 atom stereocenters. The molecular formula is C20H40N4O2. The Morgan fingerprint density at radius 1 is 1.12 bits per heavy atom. The molecule has 0 aromatic carbocycles. The zero-order valence-electron chi connectivity index (χ0n) is 17.3. The van der Waals surface area contributed by atoms with Crippen molar-refractivity contribution in [3.8, 4) is 0 Å². The molecule has 2 aliphatic rings. The van der Waals surface area contributed by atoms with Crippen molar-refractivity contribution in [3.05, 3.63) is 0 Å². The fourth-order valence-electron chi connectivity index (χ4n) is 4.33. The van der Waals surface area contributed by atoms with Crippen LogP contribution in [-0.2, 0) is 4.74 Å². The molecule has 2 fully saturated rings. The number of amides is 2. The fraction of sp³-hybridized carbons (Fsp3) is 0.950. The molecule has 2 amide bonds. The number of morpholine rings is 1. The molecule has 0 spiro atoms. The number of hydrogen-bond acceptors (Lipinski definition) is 4. The first-order chi connectivity index (χ1) is 12.4. The molecule has 0 radical (unpaired) electrons. The number of rotatable bonds is 8. The lowest BCUT2D eigenvalue weighted by atomic mass is 9.92. The third-order valence-electron chi connectivity index (χ3n) is 5.22. The molecule has 0 saturated carbocycles. The number of ether oxygens (including phenoxy) is 1. The van der Waals surface area contributed by atoms with E-state index in [9.17, 15) is 4.79 Å². The van der Waals surface area contributed by atoms with E-state index in [4.69, 9.17) is 4.74 Å². The first-order valence-electron chi connectivity index (χ1n) is 10.5. The van der Waals surface area contributed by atoms with Crippen molar-refractivity contribution in [1.82, 2.24) is 20.4 Å². The topological polar surface area (TPSA) is 56.8 Å². The Morgan fingerprint density at radius 2 is 1.85 bits per heavy atom. The Kier molecular flexibility index (Phi) is 9.16. The van der Waals surface area contributed by atoms with Crippen molar-refractivity contribution >= 4 is 6.03 Å². The molecule has 0 bridgehead atoms. The number of nitrogens with zero attached hydrogens (tertiary/aromatic N) is 2. The molecule has 3 unspecified atom stereocenters. The second-order valence-electron chi connectivity index (χ2n) is 8.84. The summed E-state index contributed by atoms with van der Waals surface area (Å²) in [6, 6.07) is -0.0741. The van der Waals surface area contributed by atoms with Gasteiger partial charge in [0.25, 0.3) is 0 Å². The van der Waals surface area contributed by atoms with E-state index in [1.54, 1.807) is 0 Å². The summed E-state index contributed by atoms with van der Waals surface area (Å²) < 4.78 is 5.77. The average Bonchev–Trinajstić information content (AvgIpc) is 2.56. The Hall–Kier alpha value is -0.850. The van der Waals surface area contributed by atoms with Crippen LogP contribution in [0.3, 0.4) is 0 Å². The summed E-state index contributed by atoms with van der Waals surface area (Å²) in [7, 11) is 0. The number of carbonyl (C=O) groups is 1. The van der Waals surface area contributed by atoms with Gasteiger partial charge in [0.15, 0.2) is 0 Å². The highest BCUT2D eigenvalue weighted by molar-refractivity contribution is 5.73. The van der Waals surface area contributed by atoms with Gasteiger partial charge < -0.3 is 20.3 Å². The summed E-state index contributed by atoms with van der Waals surface area (Å²) in [5.41, 5.74) is 0. The summed E-state index contributed by atoms with van der Waals surface area (Å²) in [5, 5.41) is 5.95. The molecule has 0 aromatic rings. The third kappa shape index (κ3) is 8.23. The fourth-order valence-corrected chi connectivity index (χ4v) is 4.33. The summed E-state index contributed by atoms with van der Waals surface area (Å²) in [5.74, 6) is 2.25. The molecule has 2 aliphatic heterocycles. The zero-order chi connectivity index (χ0) is 18.9. The molecule has 6 nitrogen and oxygen atoms in total. The minimum Gasteiger partial charge on any atom is -0.374 e. The normalized spacial score (nSPS) is 28.3. The quantitative estimate of drug-likeness (QED) is 0.644. The summed E-state index contributed by atoms with van der Waals surface area (Å²) >= 11 is 0. The van der Waals surface area contributed by atoms with E-state index in [0.717, 1.165) is 57.6 Å². The van der Waals surface area contributed by atoms with E-state index >= 15 is 0 Å². The van der Waals surface area contributed by atoms with E-state index in [-0.39, 0.29) is 12.1 Å². The van der Waals surface area contributed by atoms with Crippen molar-refractivity contribution in [3.63, 3.8) is 0 Å². The SMILES string of the molecule is CC(C)CN1CCOC(CNC(=O)NCCCN2CC(C)CC(C)C2)C1. The van der Waals surface area contributed by atoms with Crippen LogP contribution in [-0.4, -0.2) is 80.9 Å². The van der Waals surface area contributed by atoms with Gasteiger partial charge in [-0.3, -0.25) is 4.90 Å². The van der Waals surface area contributed by atoms with E-state index in [1.165, 1.54) is 19.5 Å². The van der Waals surface area contributed by atoms with Gasteiger partial charge in [-0.2, -0.15) is 0 Å². The number of piperidine rings is 1. The van der Waals surface area contributed by atoms with Crippen LogP contribution >= 0.6 is 0 Å². The van der Waals surface area contributed by atoms with Crippen LogP contribution in [0.25, 0.3) is 0 Å². The van der Waals surface area contributed by atoms with E-state index in [1.807, 2.05) is 0 Å². The van der Waals surface area contributed by atoms with Crippen LogP contribution in [0, 0.1) is 17.8 Å². The van der Waals surface area contributed by atoms with Crippen LogP contribution in [0.2, 0.25) is 0 Å². The number of hydrogen-bond donors (Lipinski definition) is 2. The maximum Gasteiger partial charge on any atom is 0.314 e. The molecule has 2 heterocycles. The monoisotopic (exact) mass is 368 g/mol. The van der Waals surface area contributed by atoms with Crippen molar-refractivity contribution in [2.45, 2.75) is 46.6 Å². The minimum atomic E-state index is -0.0741. The number of nitrogens with one attached hydrogen (secondary N) is 2. The summed E-state index contributed by atoms with van der Waals surface area (Å²) in [6.07, 6.45) is 2.45. The number of carbonyl (C=O) groups excluding carboxylic acids is 1. The highest BCUT2D eigenvalue weighted by atomic mass is 16.5. The predicted molar refractivity (Wildman–Crippen MR) is 106 cm³/mol. The van der Waals surface area contributed by atoms with E-state index in [2.05, 4.69) is 48.1 Å². The largest absolute Gasteiger partial charge is 0.374 e. The van der Waals surface area contributed by atoms with E-state index < -0.39 is 0 Å². The lowest BCUT2D eigenvalue weighted by Crippen LogP contribution is -2.49. The van der Waals surface area contributed by atoms with Crippen molar-refractivity contribution in [2.24, 2.45) is 17.8 Å². The molecular weight excluding hydrogens is 328 g/mol. The Labute approximate surface area is 160 Å². The summed E-state index contributed by atoms with van der Waals surface area (Å²) in [6.45, 7) is 17.7. The number of urea groups is 1. The summed E-state index contributed by atoms with van der Waals surface area (Å²) in [4.78, 5) is 17.0. The van der Waals surface area contributed by atoms with Gasteiger partial charge in [-0.25, -0.2) is 4.79 Å². The van der Waals surface area contributed by atoms with Gasteiger partial charge in [-0.15, -0.1) is 0 Å². The van der Waals surface area contributed by atoms with Gasteiger partial charge in [0.1, 0.15) is 0 Å². The Balaban J connectivity index is 1.53. The van der Waals surface area contributed by atoms with Crippen LogP contribution < -0.4 is 10.6 Å². The maximum atomic E-state index is 12.0. The molecule has 2 saturated heterocycles. The molecule has 0 aromatic heterocycles. The zero-order valence-corrected chi connectivity index (χ0v) is 17.3. The van der Waals surface area contributed by atoms with Crippen molar-refractivity contribution in [2.75, 3.05) is 59.0 Å². The van der Waals surface area contributed by atoms with Gasteiger partial charge in [0, 0.05) is 45.8 Å². The van der Waals surface area contributed by atoms with Crippen LogP contribution in [0.4, 0.5) is 4.79 Å². The van der Waals surface area contributed by atoms with Crippen molar-refractivity contribution in [1.29, 1.82) is 0 Å². The Morgan fingerprint density at radius 3 is 2.54 bits per heavy atom. The molecule has 152 valence electrons. The third-order valence-corrected chi connectivity index (χ3v) is 5.22. The van der Waals surface area contributed by atoms with Crippen LogP contribution in [0.5, 0.6) is 0 Å². The van der Waals surface area contributed by atoms with Gasteiger partial charge in [0.05, 0.1) is 12.7 Å². The predicted octanol–water partition coefficient (Wildman–Crippen LogP) is 2.01. The second kappa shape index (κ2) is 11.1.